The number of rotatable bonds is 5. The van der Waals surface area contributed by atoms with Crippen LogP contribution in [0.15, 0.2) is 0 Å². The van der Waals surface area contributed by atoms with Gasteiger partial charge in [-0.15, -0.1) is 11.8 Å². The maximum Gasteiger partial charge on any atom is 0.0914 e. The molecule has 2 nitrogen and oxygen atoms in total. The van der Waals surface area contributed by atoms with E-state index in [1.54, 1.807) is 11.8 Å². The van der Waals surface area contributed by atoms with Gasteiger partial charge in [-0.3, -0.25) is 0 Å². The Morgan fingerprint density at radius 2 is 2.09 bits per heavy atom. The Hall–Kier alpha value is -0.200. The van der Waals surface area contributed by atoms with E-state index in [-0.39, 0.29) is 11.3 Å². The number of nitrogens with zero attached hydrogens (tertiary/aromatic N) is 1. The first kappa shape index (κ1) is 10.8. The van der Waals surface area contributed by atoms with Crippen LogP contribution in [0.1, 0.15) is 26.7 Å². The maximum atomic E-state index is 8.60. The largest absolute Gasteiger partial charge is 0.327 e. The van der Waals surface area contributed by atoms with Crippen LogP contribution in [0.5, 0.6) is 0 Å². The van der Waals surface area contributed by atoms with E-state index in [4.69, 9.17) is 11.0 Å². The first-order chi connectivity index (χ1) is 5.24. The van der Waals surface area contributed by atoms with E-state index in [9.17, 15) is 0 Å². The molecule has 0 saturated heterocycles. The van der Waals surface area contributed by atoms with Crippen molar-refractivity contribution in [3.63, 3.8) is 0 Å². The quantitative estimate of drug-likeness (QED) is 0.687. The monoisotopic (exact) mass is 172 g/mol. The van der Waals surface area contributed by atoms with E-state index in [1.807, 2.05) is 6.92 Å². The zero-order valence-corrected chi connectivity index (χ0v) is 8.03. The number of nitrogens with two attached hydrogens (primary N) is 1. The van der Waals surface area contributed by atoms with Crippen LogP contribution >= 0.6 is 11.8 Å². The summed E-state index contributed by atoms with van der Waals surface area (Å²) in [5.41, 5.74) is 5.70. The third kappa shape index (κ3) is 5.11. The van der Waals surface area contributed by atoms with Gasteiger partial charge in [-0.05, 0) is 12.8 Å². The van der Waals surface area contributed by atoms with Gasteiger partial charge in [-0.2, -0.15) is 5.26 Å². The summed E-state index contributed by atoms with van der Waals surface area (Å²) < 4.78 is 0. The second kappa shape index (κ2) is 6.51. The standard InChI is InChI=1S/C8H16N2S/c1-3-7(10)6-11-8(4-2)5-9/h7-8H,3-4,6,10H2,1-2H3. The zero-order valence-electron chi connectivity index (χ0n) is 7.21. The normalized spacial score (nSPS) is 15.5. The van der Waals surface area contributed by atoms with Gasteiger partial charge in [0.25, 0.3) is 0 Å². The topological polar surface area (TPSA) is 49.8 Å². The van der Waals surface area contributed by atoms with Gasteiger partial charge < -0.3 is 5.73 Å². The summed E-state index contributed by atoms with van der Waals surface area (Å²) >= 11 is 1.67. The van der Waals surface area contributed by atoms with Gasteiger partial charge in [-0.25, -0.2) is 0 Å². The Balaban J connectivity index is 3.44. The first-order valence-corrected chi connectivity index (χ1v) is 5.06. The van der Waals surface area contributed by atoms with Gasteiger partial charge in [0.2, 0.25) is 0 Å². The van der Waals surface area contributed by atoms with Crippen LogP contribution in [0.4, 0.5) is 0 Å². The molecule has 0 fully saturated rings. The summed E-state index contributed by atoms with van der Waals surface area (Å²) in [7, 11) is 0. The zero-order chi connectivity index (χ0) is 8.69. The van der Waals surface area contributed by atoms with E-state index in [0.29, 0.717) is 0 Å². The van der Waals surface area contributed by atoms with Gasteiger partial charge in [0.05, 0.1) is 11.3 Å². The summed E-state index contributed by atoms with van der Waals surface area (Å²) in [5, 5.41) is 8.73. The lowest BCUT2D eigenvalue weighted by Crippen LogP contribution is -2.22. The first-order valence-electron chi connectivity index (χ1n) is 4.01. The van der Waals surface area contributed by atoms with Crippen molar-refractivity contribution < 1.29 is 0 Å². The third-order valence-corrected chi connectivity index (χ3v) is 3.01. The minimum absolute atomic E-state index is 0.132. The van der Waals surface area contributed by atoms with Gasteiger partial charge in [0, 0.05) is 11.8 Å². The molecule has 0 aliphatic rings. The van der Waals surface area contributed by atoms with Crippen molar-refractivity contribution in [3.05, 3.63) is 0 Å². The van der Waals surface area contributed by atoms with Crippen molar-refractivity contribution >= 4 is 11.8 Å². The highest BCUT2D eigenvalue weighted by molar-refractivity contribution is 8.00. The van der Waals surface area contributed by atoms with Crippen molar-refractivity contribution in [2.24, 2.45) is 5.73 Å². The molecule has 3 heteroatoms. The SMILES string of the molecule is CCC(N)CSC(C#N)CC. The van der Waals surface area contributed by atoms with E-state index < -0.39 is 0 Å². The van der Waals surface area contributed by atoms with Gasteiger partial charge in [0.1, 0.15) is 0 Å². The lowest BCUT2D eigenvalue weighted by molar-refractivity contribution is 0.723. The summed E-state index contributed by atoms with van der Waals surface area (Å²) in [6.45, 7) is 4.09. The molecule has 0 bridgehead atoms. The highest BCUT2D eigenvalue weighted by Gasteiger charge is 2.06. The fourth-order valence-corrected chi connectivity index (χ4v) is 1.63. The van der Waals surface area contributed by atoms with E-state index in [2.05, 4.69) is 13.0 Å². The van der Waals surface area contributed by atoms with Gasteiger partial charge in [0.15, 0.2) is 0 Å². The third-order valence-electron chi connectivity index (χ3n) is 1.55. The summed E-state index contributed by atoms with van der Waals surface area (Å²) in [4.78, 5) is 0. The maximum absolute atomic E-state index is 8.60. The number of thioether (sulfide) groups is 1. The van der Waals surface area contributed by atoms with Gasteiger partial charge >= 0.3 is 0 Å². The van der Waals surface area contributed by atoms with Crippen LogP contribution in [0, 0.1) is 11.3 Å². The molecule has 0 radical (unpaired) electrons. The fourth-order valence-electron chi connectivity index (χ4n) is 0.604. The van der Waals surface area contributed by atoms with Crippen molar-refractivity contribution in [2.75, 3.05) is 5.75 Å². The van der Waals surface area contributed by atoms with Crippen LogP contribution < -0.4 is 5.73 Å². The minimum atomic E-state index is 0.132. The van der Waals surface area contributed by atoms with Crippen LogP contribution in [0.25, 0.3) is 0 Å². The molecule has 0 rings (SSSR count). The molecule has 2 unspecified atom stereocenters. The Morgan fingerprint density at radius 1 is 1.45 bits per heavy atom. The summed E-state index contributed by atoms with van der Waals surface area (Å²) in [5.74, 6) is 0.905. The molecular formula is C8H16N2S. The number of hydrogen-bond acceptors (Lipinski definition) is 3. The molecule has 0 aromatic heterocycles. The molecule has 11 heavy (non-hydrogen) atoms. The van der Waals surface area contributed by atoms with E-state index in [0.717, 1.165) is 18.6 Å². The lowest BCUT2D eigenvalue weighted by Gasteiger charge is -2.09. The highest BCUT2D eigenvalue weighted by atomic mass is 32.2. The molecule has 2 N–H and O–H groups in total. The summed E-state index contributed by atoms with van der Waals surface area (Å²) in [6, 6.07) is 2.49. The molecule has 0 aromatic carbocycles. The highest BCUT2D eigenvalue weighted by Crippen LogP contribution is 2.14. The van der Waals surface area contributed by atoms with Crippen molar-refractivity contribution in [1.82, 2.24) is 0 Å². The van der Waals surface area contributed by atoms with Crippen molar-refractivity contribution in [2.45, 2.75) is 38.0 Å². The average Bonchev–Trinajstić information content (AvgIpc) is 2.06. The van der Waals surface area contributed by atoms with Crippen LogP contribution in [0.3, 0.4) is 0 Å². The van der Waals surface area contributed by atoms with Crippen molar-refractivity contribution in [1.29, 1.82) is 5.26 Å². The molecule has 0 aromatic rings. The lowest BCUT2D eigenvalue weighted by atomic mass is 10.3. The predicted molar refractivity (Wildman–Crippen MR) is 50.4 cm³/mol. The predicted octanol–water partition coefficient (Wildman–Crippen LogP) is 1.76. The minimum Gasteiger partial charge on any atom is -0.327 e. The molecule has 0 aliphatic carbocycles. The Kier molecular flexibility index (Phi) is 6.39. The molecule has 0 heterocycles. The van der Waals surface area contributed by atoms with E-state index in [1.165, 1.54) is 0 Å². The molecular weight excluding hydrogens is 156 g/mol. The smallest absolute Gasteiger partial charge is 0.0914 e. The molecule has 0 spiro atoms. The van der Waals surface area contributed by atoms with Crippen LogP contribution in [-0.4, -0.2) is 17.0 Å². The van der Waals surface area contributed by atoms with Crippen LogP contribution in [0.2, 0.25) is 0 Å². The molecule has 0 amide bonds. The Labute approximate surface area is 73.1 Å². The molecule has 0 saturated carbocycles. The molecule has 2 atom stereocenters. The van der Waals surface area contributed by atoms with Gasteiger partial charge in [-0.1, -0.05) is 13.8 Å². The second-order valence-corrected chi connectivity index (χ2v) is 3.76. The number of nitriles is 1. The van der Waals surface area contributed by atoms with Crippen molar-refractivity contribution in [3.8, 4) is 6.07 Å². The average molecular weight is 172 g/mol. The molecule has 64 valence electrons. The summed E-state index contributed by atoms with van der Waals surface area (Å²) in [6.07, 6.45) is 1.91. The fraction of sp³-hybridized carbons (Fsp3) is 0.875. The second-order valence-electron chi connectivity index (χ2n) is 2.53. The Morgan fingerprint density at radius 3 is 2.45 bits per heavy atom. The van der Waals surface area contributed by atoms with Crippen LogP contribution in [-0.2, 0) is 0 Å². The van der Waals surface area contributed by atoms with E-state index >= 15 is 0 Å². The Bertz CT molecular complexity index is 131. The molecule has 0 aliphatic heterocycles. The number of hydrogen-bond donors (Lipinski definition) is 1.